The Balaban J connectivity index is 2.86. The van der Waals surface area contributed by atoms with Crippen LogP contribution < -0.4 is 4.72 Å². The number of benzene rings is 1. The Hall–Kier alpha value is -0.670. The summed E-state index contributed by atoms with van der Waals surface area (Å²) in [5.41, 5.74) is 1.19. The van der Waals surface area contributed by atoms with Gasteiger partial charge in [-0.3, -0.25) is 0 Å². The van der Waals surface area contributed by atoms with E-state index in [0.717, 1.165) is 0 Å². The van der Waals surface area contributed by atoms with Crippen molar-refractivity contribution >= 4 is 11.0 Å². The molecular weight excluding hydrogens is 230 g/mol. The minimum atomic E-state index is -1.04. The zero-order valence-corrected chi connectivity index (χ0v) is 12.2. The lowest BCUT2D eigenvalue weighted by Crippen LogP contribution is -2.37. The summed E-state index contributed by atoms with van der Waals surface area (Å²) < 4.78 is 15.2. The molecule has 0 aliphatic rings. The first-order valence-corrected chi connectivity index (χ1v) is 7.20. The van der Waals surface area contributed by atoms with Crippen LogP contribution in [-0.2, 0) is 11.0 Å². The highest BCUT2D eigenvalue weighted by atomic mass is 32.2. The van der Waals surface area contributed by atoms with Crippen molar-refractivity contribution in [3.8, 4) is 0 Å². The summed E-state index contributed by atoms with van der Waals surface area (Å²) in [7, 11) is -1.04. The molecule has 1 rings (SSSR count). The zero-order valence-electron chi connectivity index (χ0n) is 11.4. The number of rotatable bonds is 4. The molecule has 0 saturated heterocycles. The molecule has 0 heterocycles. The van der Waals surface area contributed by atoms with E-state index >= 15 is 0 Å². The molecule has 0 aliphatic carbocycles. The van der Waals surface area contributed by atoms with Gasteiger partial charge < -0.3 is 0 Å². The van der Waals surface area contributed by atoms with E-state index in [1.54, 1.807) is 0 Å². The fourth-order valence-corrected chi connectivity index (χ4v) is 2.53. The van der Waals surface area contributed by atoms with Crippen LogP contribution in [0.3, 0.4) is 0 Å². The standard InChI is InChI=1S/C14H23NOS/c1-11(2)13(12-9-7-6-8-10-12)15-17(16)14(3,4)5/h6-11,13,15H,1-5H3/t13-,17?/m0/s1. The molecule has 96 valence electrons. The monoisotopic (exact) mass is 253 g/mol. The molecule has 0 bridgehead atoms. The second-order valence-electron chi connectivity index (χ2n) is 5.63. The normalized spacial score (nSPS) is 15.9. The van der Waals surface area contributed by atoms with Gasteiger partial charge in [0.15, 0.2) is 0 Å². The van der Waals surface area contributed by atoms with Crippen LogP contribution in [0.2, 0.25) is 0 Å². The lowest BCUT2D eigenvalue weighted by molar-refractivity contribution is 0.473. The molecule has 2 atom stereocenters. The molecular formula is C14H23NOS. The fourth-order valence-electron chi connectivity index (χ4n) is 1.54. The Labute approximate surface area is 107 Å². The molecule has 17 heavy (non-hydrogen) atoms. The van der Waals surface area contributed by atoms with Gasteiger partial charge in [0.25, 0.3) is 0 Å². The van der Waals surface area contributed by atoms with Crippen molar-refractivity contribution in [2.75, 3.05) is 0 Å². The van der Waals surface area contributed by atoms with E-state index in [1.165, 1.54) is 5.56 Å². The van der Waals surface area contributed by atoms with Crippen molar-refractivity contribution in [3.05, 3.63) is 35.9 Å². The molecule has 0 spiro atoms. The molecule has 0 fully saturated rings. The Morgan fingerprint density at radius 3 is 2.06 bits per heavy atom. The third-order valence-electron chi connectivity index (χ3n) is 2.62. The number of hydrogen-bond acceptors (Lipinski definition) is 1. The summed E-state index contributed by atoms with van der Waals surface area (Å²) in [5.74, 6) is 0.406. The molecule has 1 unspecified atom stereocenters. The summed E-state index contributed by atoms with van der Waals surface area (Å²) in [4.78, 5) is 0. The lowest BCUT2D eigenvalue weighted by atomic mass is 9.97. The zero-order chi connectivity index (χ0) is 13.1. The van der Waals surface area contributed by atoms with E-state index in [9.17, 15) is 4.21 Å². The van der Waals surface area contributed by atoms with Crippen LogP contribution in [-0.4, -0.2) is 8.96 Å². The molecule has 1 aromatic rings. The van der Waals surface area contributed by atoms with E-state index in [0.29, 0.717) is 5.92 Å². The molecule has 0 aliphatic heterocycles. The molecule has 0 radical (unpaired) electrons. The van der Waals surface area contributed by atoms with Crippen molar-refractivity contribution in [1.29, 1.82) is 0 Å². The van der Waals surface area contributed by atoms with Gasteiger partial charge in [-0.05, 0) is 32.3 Å². The second-order valence-corrected chi connectivity index (χ2v) is 7.63. The summed E-state index contributed by atoms with van der Waals surface area (Å²) in [6.45, 7) is 10.2. The summed E-state index contributed by atoms with van der Waals surface area (Å²) in [6, 6.07) is 10.3. The minimum absolute atomic E-state index is 0.135. The maximum Gasteiger partial charge on any atom is 0.0976 e. The largest absolute Gasteiger partial charge is 0.242 e. The van der Waals surface area contributed by atoms with E-state index in [4.69, 9.17) is 0 Å². The van der Waals surface area contributed by atoms with Gasteiger partial charge >= 0.3 is 0 Å². The molecule has 3 heteroatoms. The molecule has 0 amide bonds. The van der Waals surface area contributed by atoms with Crippen molar-refractivity contribution in [3.63, 3.8) is 0 Å². The smallest absolute Gasteiger partial charge is 0.0976 e. The molecule has 1 N–H and O–H groups in total. The van der Waals surface area contributed by atoms with E-state index in [1.807, 2.05) is 39.0 Å². The minimum Gasteiger partial charge on any atom is -0.242 e. The van der Waals surface area contributed by atoms with Gasteiger partial charge in [-0.2, -0.15) is 0 Å². The van der Waals surface area contributed by atoms with Crippen LogP contribution in [0.1, 0.15) is 46.2 Å². The predicted octanol–water partition coefficient (Wildman–Crippen LogP) is 3.44. The van der Waals surface area contributed by atoms with Gasteiger partial charge in [0.1, 0.15) is 0 Å². The van der Waals surface area contributed by atoms with Crippen LogP contribution >= 0.6 is 0 Å². The summed E-state index contributed by atoms with van der Waals surface area (Å²) >= 11 is 0. The van der Waals surface area contributed by atoms with Gasteiger partial charge in [0, 0.05) is 6.04 Å². The highest BCUT2D eigenvalue weighted by molar-refractivity contribution is 7.84. The van der Waals surface area contributed by atoms with E-state index < -0.39 is 11.0 Å². The van der Waals surface area contributed by atoms with Crippen LogP contribution in [0.5, 0.6) is 0 Å². The molecule has 0 aromatic heterocycles. The summed E-state index contributed by atoms with van der Waals surface area (Å²) in [5, 5.41) is 0. The van der Waals surface area contributed by atoms with Gasteiger partial charge in [-0.1, -0.05) is 44.2 Å². The van der Waals surface area contributed by atoms with Gasteiger partial charge in [-0.15, -0.1) is 0 Å². The van der Waals surface area contributed by atoms with E-state index in [-0.39, 0.29) is 10.8 Å². The Bertz CT molecular complexity index is 368. The number of nitrogens with one attached hydrogen (secondary N) is 1. The fraction of sp³-hybridized carbons (Fsp3) is 0.571. The lowest BCUT2D eigenvalue weighted by Gasteiger charge is -2.27. The quantitative estimate of drug-likeness (QED) is 0.875. The van der Waals surface area contributed by atoms with Gasteiger partial charge in [0.05, 0.1) is 15.7 Å². The highest BCUT2D eigenvalue weighted by Gasteiger charge is 2.25. The topological polar surface area (TPSA) is 29.1 Å². The van der Waals surface area contributed by atoms with Crippen LogP contribution in [0, 0.1) is 5.92 Å². The van der Waals surface area contributed by atoms with Crippen molar-refractivity contribution < 1.29 is 4.21 Å². The maximum absolute atomic E-state index is 12.2. The molecule has 1 aromatic carbocycles. The molecule has 2 nitrogen and oxygen atoms in total. The van der Waals surface area contributed by atoms with Gasteiger partial charge in [0.2, 0.25) is 0 Å². The highest BCUT2D eigenvalue weighted by Crippen LogP contribution is 2.23. The SMILES string of the molecule is CC(C)[C@H](NS(=O)C(C)(C)C)c1ccccc1. The third-order valence-corrected chi connectivity index (χ3v) is 4.20. The van der Waals surface area contributed by atoms with Gasteiger partial charge in [-0.25, -0.2) is 8.93 Å². The summed E-state index contributed by atoms with van der Waals surface area (Å²) in [6.07, 6.45) is 0. The van der Waals surface area contributed by atoms with Crippen LogP contribution in [0.25, 0.3) is 0 Å². The predicted molar refractivity (Wildman–Crippen MR) is 75.1 cm³/mol. The second kappa shape index (κ2) is 5.78. The average Bonchev–Trinajstić information content (AvgIpc) is 2.25. The molecule has 0 saturated carbocycles. The average molecular weight is 253 g/mol. The van der Waals surface area contributed by atoms with E-state index in [2.05, 4.69) is 30.7 Å². The first kappa shape index (κ1) is 14.4. The number of hydrogen-bond donors (Lipinski definition) is 1. The van der Waals surface area contributed by atoms with Crippen molar-refractivity contribution in [1.82, 2.24) is 4.72 Å². The van der Waals surface area contributed by atoms with Crippen molar-refractivity contribution in [2.45, 2.75) is 45.4 Å². The maximum atomic E-state index is 12.2. The van der Waals surface area contributed by atoms with Crippen molar-refractivity contribution in [2.24, 2.45) is 5.92 Å². The van der Waals surface area contributed by atoms with Crippen LogP contribution in [0.15, 0.2) is 30.3 Å². The Morgan fingerprint density at radius 2 is 1.65 bits per heavy atom. The van der Waals surface area contributed by atoms with Crippen LogP contribution in [0.4, 0.5) is 0 Å². The third kappa shape index (κ3) is 4.25. The first-order chi connectivity index (χ1) is 7.82. The Morgan fingerprint density at radius 1 is 1.12 bits per heavy atom. The first-order valence-electron chi connectivity index (χ1n) is 6.05. The Kier molecular flexibility index (Phi) is 4.90.